The van der Waals surface area contributed by atoms with Gasteiger partial charge in [-0.3, -0.25) is 4.79 Å². The summed E-state index contributed by atoms with van der Waals surface area (Å²) < 4.78 is 9.88. The standard InChI is InChI=1S/C25H30N4O2S/c1-4-22(20-10-6-5-7-11-20)24(30)29-14-13-28(17-18(29)2)25-26-23(27-32-25)16-19-9-8-12-21(15-19)31-3/h5-12,15,18,22H,4,13-14,16-17H2,1-3H3. The highest BCUT2D eigenvalue weighted by Gasteiger charge is 2.32. The van der Waals surface area contributed by atoms with Gasteiger partial charge < -0.3 is 14.5 Å². The van der Waals surface area contributed by atoms with Gasteiger partial charge in [0.15, 0.2) is 0 Å². The number of aromatic nitrogens is 2. The Labute approximate surface area is 194 Å². The molecule has 1 fully saturated rings. The Bertz CT molecular complexity index is 1040. The molecule has 2 heterocycles. The van der Waals surface area contributed by atoms with Crippen LogP contribution in [0.4, 0.5) is 5.13 Å². The summed E-state index contributed by atoms with van der Waals surface area (Å²) in [5, 5.41) is 0.928. The topological polar surface area (TPSA) is 58.6 Å². The molecule has 1 amide bonds. The minimum absolute atomic E-state index is 0.0822. The van der Waals surface area contributed by atoms with Crippen LogP contribution in [0.1, 0.15) is 43.1 Å². The average molecular weight is 451 g/mol. The van der Waals surface area contributed by atoms with Crippen LogP contribution in [0.25, 0.3) is 0 Å². The number of carbonyl (C=O) groups is 1. The highest BCUT2D eigenvalue weighted by Crippen LogP contribution is 2.27. The summed E-state index contributed by atoms with van der Waals surface area (Å²) >= 11 is 1.43. The first kappa shape index (κ1) is 22.3. The molecule has 32 heavy (non-hydrogen) atoms. The van der Waals surface area contributed by atoms with Crippen LogP contribution in [0.2, 0.25) is 0 Å². The Morgan fingerprint density at radius 3 is 2.72 bits per heavy atom. The molecule has 0 N–H and O–H groups in total. The van der Waals surface area contributed by atoms with Crippen molar-refractivity contribution in [3.63, 3.8) is 0 Å². The first-order chi connectivity index (χ1) is 15.6. The van der Waals surface area contributed by atoms with Crippen LogP contribution in [0, 0.1) is 0 Å². The minimum atomic E-state index is -0.0822. The lowest BCUT2D eigenvalue weighted by atomic mass is 9.94. The molecule has 2 aromatic carbocycles. The van der Waals surface area contributed by atoms with E-state index in [0.717, 1.165) is 47.3 Å². The quantitative estimate of drug-likeness (QED) is 0.535. The molecule has 3 aromatic rings. The number of rotatable bonds is 7. The van der Waals surface area contributed by atoms with E-state index >= 15 is 0 Å². The number of hydrogen-bond donors (Lipinski definition) is 0. The Kier molecular flexibility index (Phi) is 7.05. The van der Waals surface area contributed by atoms with E-state index in [9.17, 15) is 4.79 Å². The molecule has 7 heteroatoms. The van der Waals surface area contributed by atoms with Gasteiger partial charge >= 0.3 is 0 Å². The molecule has 168 valence electrons. The number of nitrogens with zero attached hydrogens (tertiary/aromatic N) is 4. The van der Waals surface area contributed by atoms with Gasteiger partial charge in [0.25, 0.3) is 0 Å². The van der Waals surface area contributed by atoms with Crippen molar-refractivity contribution in [2.24, 2.45) is 0 Å². The van der Waals surface area contributed by atoms with E-state index in [2.05, 4.69) is 41.3 Å². The minimum Gasteiger partial charge on any atom is -0.497 e. The molecule has 0 bridgehead atoms. The van der Waals surface area contributed by atoms with Crippen molar-refractivity contribution in [2.75, 3.05) is 31.6 Å². The van der Waals surface area contributed by atoms with E-state index in [1.54, 1.807) is 7.11 Å². The fourth-order valence-electron chi connectivity index (χ4n) is 4.31. The highest BCUT2D eigenvalue weighted by atomic mass is 32.1. The van der Waals surface area contributed by atoms with Crippen LogP contribution in [0.3, 0.4) is 0 Å². The number of piperazine rings is 1. The molecule has 0 saturated carbocycles. The molecule has 0 aliphatic carbocycles. The second-order valence-corrected chi connectivity index (χ2v) is 8.95. The Hall–Kier alpha value is -2.93. The second-order valence-electron chi connectivity index (χ2n) is 8.22. The van der Waals surface area contributed by atoms with Crippen LogP contribution in [0.15, 0.2) is 54.6 Å². The number of anilines is 1. The van der Waals surface area contributed by atoms with Gasteiger partial charge in [-0.05, 0) is 36.6 Å². The lowest BCUT2D eigenvalue weighted by Gasteiger charge is -2.41. The molecule has 2 unspecified atom stereocenters. The predicted molar refractivity (Wildman–Crippen MR) is 129 cm³/mol. The number of carbonyl (C=O) groups excluding carboxylic acids is 1. The summed E-state index contributed by atoms with van der Waals surface area (Å²) in [4.78, 5) is 22.4. The summed E-state index contributed by atoms with van der Waals surface area (Å²) in [5.74, 6) is 1.80. The van der Waals surface area contributed by atoms with E-state index in [0.29, 0.717) is 13.0 Å². The third kappa shape index (κ3) is 4.93. The van der Waals surface area contributed by atoms with Crippen LogP contribution in [-0.2, 0) is 11.2 Å². The zero-order chi connectivity index (χ0) is 22.5. The summed E-state index contributed by atoms with van der Waals surface area (Å²) in [7, 11) is 1.67. The summed E-state index contributed by atoms with van der Waals surface area (Å²) in [6.07, 6.45) is 1.48. The van der Waals surface area contributed by atoms with E-state index in [-0.39, 0.29) is 17.9 Å². The molecule has 0 spiro atoms. The summed E-state index contributed by atoms with van der Waals surface area (Å²) in [5.41, 5.74) is 2.23. The molecule has 6 nitrogen and oxygen atoms in total. The van der Waals surface area contributed by atoms with Crippen molar-refractivity contribution >= 4 is 22.6 Å². The Morgan fingerprint density at radius 1 is 1.19 bits per heavy atom. The van der Waals surface area contributed by atoms with Gasteiger partial charge in [-0.2, -0.15) is 4.37 Å². The molecule has 1 aromatic heterocycles. The number of hydrogen-bond acceptors (Lipinski definition) is 6. The smallest absolute Gasteiger partial charge is 0.230 e. The van der Waals surface area contributed by atoms with Crippen molar-refractivity contribution in [3.05, 3.63) is 71.5 Å². The summed E-state index contributed by atoms with van der Waals surface area (Å²) in [6, 6.07) is 18.2. The van der Waals surface area contributed by atoms with Crippen molar-refractivity contribution in [1.29, 1.82) is 0 Å². The molecule has 1 aliphatic heterocycles. The van der Waals surface area contributed by atoms with Crippen LogP contribution >= 0.6 is 11.5 Å². The third-order valence-corrected chi connectivity index (χ3v) is 6.86. The zero-order valence-electron chi connectivity index (χ0n) is 18.9. The van der Waals surface area contributed by atoms with Gasteiger partial charge in [0.05, 0.1) is 13.0 Å². The van der Waals surface area contributed by atoms with Crippen molar-refractivity contribution in [1.82, 2.24) is 14.3 Å². The first-order valence-electron chi connectivity index (χ1n) is 11.1. The lowest BCUT2D eigenvalue weighted by Crippen LogP contribution is -2.55. The maximum Gasteiger partial charge on any atom is 0.230 e. The average Bonchev–Trinajstić information content (AvgIpc) is 3.28. The monoisotopic (exact) mass is 450 g/mol. The van der Waals surface area contributed by atoms with E-state index in [1.165, 1.54) is 11.5 Å². The van der Waals surface area contributed by atoms with Crippen LogP contribution < -0.4 is 9.64 Å². The normalized spacial score (nSPS) is 17.3. The number of methoxy groups -OCH3 is 1. The fourth-order valence-corrected chi connectivity index (χ4v) is 5.03. The molecular weight excluding hydrogens is 420 g/mol. The Balaban J connectivity index is 1.39. The van der Waals surface area contributed by atoms with E-state index in [4.69, 9.17) is 9.72 Å². The third-order valence-electron chi connectivity index (χ3n) is 6.04. The largest absolute Gasteiger partial charge is 0.497 e. The molecule has 2 atom stereocenters. The number of benzene rings is 2. The zero-order valence-corrected chi connectivity index (χ0v) is 19.7. The second kappa shape index (κ2) is 10.1. The van der Waals surface area contributed by atoms with Crippen LogP contribution in [0.5, 0.6) is 5.75 Å². The number of amides is 1. The first-order valence-corrected chi connectivity index (χ1v) is 11.9. The van der Waals surface area contributed by atoms with Crippen molar-refractivity contribution < 1.29 is 9.53 Å². The lowest BCUT2D eigenvalue weighted by molar-refractivity contribution is -0.135. The van der Waals surface area contributed by atoms with Gasteiger partial charge in [0.1, 0.15) is 11.6 Å². The molecule has 1 aliphatic rings. The molecule has 0 radical (unpaired) electrons. The maximum absolute atomic E-state index is 13.3. The van der Waals surface area contributed by atoms with E-state index < -0.39 is 0 Å². The van der Waals surface area contributed by atoms with Crippen molar-refractivity contribution in [3.8, 4) is 5.75 Å². The summed E-state index contributed by atoms with van der Waals surface area (Å²) in [6.45, 7) is 6.45. The van der Waals surface area contributed by atoms with Gasteiger partial charge in [0, 0.05) is 43.6 Å². The highest BCUT2D eigenvalue weighted by molar-refractivity contribution is 7.09. The Morgan fingerprint density at radius 2 is 2.00 bits per heavy atom. The molecule has 4 rings (SSSR count). The van der Waals surface area contributed by atoms with Gasteiger partial charge in [-0.25, -0.2) is 4.98 Å². The maximum atomic E-state index is 13.3. The van der Waals surface area contributed by atoms with Gasteiger partial charge in [-0.15, -0.1) is 0 Å². The fraction of sp³-hybridized carbons (Fsp3) is 0.400. The van der Waals surface area contributed by atoms with Gasteiger partial charge in [0.2, 0.25) is 11.0 Å². The van der Waals surface area contributed by atoms with E-state index in [1.807, 2.05) is 41.3 Å². The predicted octanol–water partition coefficient (Wildman–Crippen LogP) is 4.37. The molecule has 1 saturated heterocycles. The van der Waals surface area contributed by atoms with Gasteiger partial charge in [-0.1, -0.05) is 49.4 Å². The molecular formula is C25H30N4O2S. The van der Waals surface area contributed by atoms with Crippen molar-refractivity contribution in [2.45, 2.75) is 38.6 Å². The SMILES string of the molecule is CCC(C(=O)N1CCN(c2nc(Cc3cccc(OC)c3)ns2)CC1C)c1ccccc1. The van der Waals surface area contributed by atoms with Crippen LogP contribution in [-0.4, -0.2) is 53.0 Å². The number of ether oxygens (including phenoxy) is 1.